The summed E-state index contributed by atoms with van der Waals surface area (Å²) < 4.78 is 1.52. The molecular weight excluding hydrogens is 228 g/mol. The maximum atomic E-state index is 11.5. The molecule has 5 heteroatoms. The second kappa shape index (κ2) is 3.93. The van der Waals surface area contributed by atoms with Crippen molar-refractivity contribution in [1.82, 2.24) is 9.55 Å². The lowest BCUT2D eigenvalue weighted by atomic mass is 10.1. The number of aliphatic imine (C=N–C) groups is 1. The van der Waals surface area contributed by atoms with Gasteiger partial charge < -0.3 is 0 Å². The second-order valence-electron chi connectivity index (χ2n) is 3.92. The van der Waals surface area contributed by atoms with E-state index in [2.05, 4.69) is 16.0 Å². The molecule has 0 spiro atoms. The standard InChI is InChI=1S/C13H8N4O/c14-7-9-1-3-10(4-2-9)11-8-17-12(16-11)5-6-15-13(17)18/h1-6H,8H2. The highest BCUT2D eigenvalue weighted by molar-refractivity contribution is 6.03. The molecule has 0 unspecified atom stereocenters. The predicted octanol–water partition coefficient (Wildman–Crippen LogP) is 1.25. The summed E-state index contributed by atoms with van der Waals surface area (Å²) in [6, 6.07) is 10.9. The Balaban J connectivity index is 2.00. The van der Waals surface area contributed by atoms with Crippen molar-refractivity contribution in [2.75, 3.05) is 0 Å². The van der Waals surface area contributed by atoms with Gasteiger partial charge in [0.25, 0.3) is 0 Å². The Morgan fingerprint density at radius 1 is 1.22 bits per heavy atom. The molecule has 3 rings (SSSR count). The number of rotatable bonds is 1. The summed E-state index contributed by atoms with van der Waals surface area (Å²) in [7, 11) is 0. The van der Waals surface area contributed by atoms with Crippen molar-refractivity contribution in [3.05, 3.63) is 58.1 Å². The van der Waals surface area contributed by atoms with Crippen LogP contribution in [-0.4, -0.2) is 15.3 Å². The zero-order valence-electron chi connectivity index (χ0n) is 9.37. The Hall–Kier alpha value is -2.74. The molecule has 0 radical (unpaired) electrons. The largest absolute Gasteiger partial charge is 0.349 e. The van der Waals surface area contributed by atoms with Gasteiger partial charge in [0.1, 0.15) is 5.82 Å². The molecule has 0 amide bonds. The highest BCUT2D eigenvalue weighted by Crippen LogP contribution is 2.19. The molecule has 1 aliphatic heterocycles. The average Bonchev–Trinajstić information content (AvgIpc) is 2.84. The van der Waals surface area contributed by atoms with Crippen LogP contribution in [0, 0.1) is 11.3 Å². The number of hydrogen-bond donors (Lipinski definition) is 0. The molecule has 0 aliphatic carbocycles. The van der Waals surface area contributed by atoms with Gasteiger partial charge in [0.15, 0.2) is 0 Å². The first-order valence-corrected chi connectivity index (χ1v) is 5.42. The van der Waals surface area contributed by atoms with Crippen molar-refractivity contribution in [2.45, 2.75) is 6.54 Å². The summed E-state index contributed by atoms with van der Waals surface area (Å²) in [5.41, 5.74) is 2.04. The van der Waals surface area contributed by atoms with Gasteiger partial charge in [-0.15, -0.1) is 0 Å². The summed E-state index contributed by atoms with van der Waals surface area (Å²) in [5, 5.41) is 8.74. The van der Waals surface area contributed by atoms with Crippen LogP contribution in [0.1, 0.15) is 11.1 Å². The maximum absolute atomic E-state index is 11.5. The van der Waals surface area contributed by atoms with Crippen molar-refractivity contribution in [3.63, 3.8) is 0 Å². The van der Waals surface area contributed by atoms with E-state index in [1.54, 1.807) is 18.2 Å². The summed E-state index contributed by atoms with van der Waals surface area (Å²) in [6.45, 7) is 0.425. The lowest BCUT2D eigenvalue weighted by molar-refractivity contribution is 0.798. The molecule has 5 nitrogen and oxygen atoms in total. The van der Waals surface area contributed by atoms with E-state index in [1.807, 2.05) is 12.1 Å². The molecular formula is C13H8N4O. The average molecular weight is 236 g/mol. The van der Waals surface area contributed by atoms with Crippen LogP contribution in [0.4, 0.5) is 5.82 Å². The Morgan fingerprint density at radius 3 is 2.67 bits per heavy atom. The Bertz CT molecular complexity index is 735. The van der Waals surface area contributed by atoms with Crippen LogP contribution >= 0.6 is 0 Å². The molecule has 1 aliphatic rings. The second-order valence-corrected chi connectivity index (χ2v) is 3.92. The van der Waals surface area contributed by atoms with Gasteiger partial charge in [-0.05, 0) is 23.8 Å². The summed E-state index contributed by atoms with van der Waals surface area (Å²) in [5.74, 6) is 0.620. The van der Waals surface area contributed by atoms with Gasteiger partial charge in [-0.2, -0.15) is 5.26 Å². The first-order chi connectivity index (χ1) is 8.78. The molecule has 0 saturated heterocycles. The first kappa shape index (κ1) is 10.4. The normalized spacial score (nSPS) is 12.7. The quantitative estimate of drug-likeness (QED) is 0.748. The van der Waals surface area contributed by atoms with Crippen molar-refractivity contribution in [2.24, 2.45) is 4.99 Å². The number of aromatic nitrogens is 2. The van der Waals surface area contributed by atoms with Crippen LogP contribution in [0.3, 0.4) is 0 Å². The number of fused-ring (bicyclic) bond motifs is 1. The van der Waals surface area contributed by atoms with Crippen molar-refractivity contribution >= 4 is 11.5 Å². The zero-order valence-corrected chi connectivity index (χ0v) is 9.37. The van der Waals surface area contributed by atoms with Gasteiger partial charge in [0.2, 0.25) is 0 Å². The number of nitriles is 1. The molecule has 0 N–H and O–H groups in total. The van der Waals surface area contributed by atoms with Crippen LogP contribution in [-0.2, 0) is 6.54 Å². The van der Waals surface area contributed by atoms with Crippen molar-refractivity contribution in [1.29, 1.82) is 5.26 Å². The fourth-order valence-electron chi connectivity index (χ4n) is 1.89. The van der Waals surface area contributed by atoms with E-state index in [-0.39, 0.29) is 5.69 Å². The molecule has 0 fully saturated rings. The summed E-state index contributed by atoms with van der Waals surface area (Å²) >= 11 is 0. The third kappa shape index (κ3) is 1.60. The summed E-state index contributed by atoms with van der Waals surface area (Å²) in [6.07, 6.45) is 1.46. The van der Waals surface area contributed by atoms with Crippen molar-refractivity contribution < 1.29 is 0 Å². The zero-order chi connectivity index (χ0) is 12.5. The third-order valence-electron chi connectivity index (χ3n) is 2.82. The molecule has 0 bridgehead atoms. The van der Waals surface area contributed by atoms with E-state index in [1.165, 1.54) is 10.8 Å². The molecule has 1 aromatic heterocycles. The van der Waals surface area contributed by atoms with Gasteiger partial charge in [-0.25, -0.2) is 14.8 Å². The Labute approximate surface area is 103 Å². The SMILES string of the molecule is N#Cc1ccc(C2=Nc3ccnc(=O)n3C2)cc1. The molecule has 0 saturated carbocycles. The van der Waals surface area contributed by atoms with Gasteiger partial charge in [-0.3, -0.25) is 4.57 Å². The molecule has 0 atom stereocenters. The smallest absolute Gasteiger partial charge is 0.270 e. The van der Waals surface area contributed by atoms with Crippen LogP contribution in [0.5, 0.6) is 0 Å². The van der Waals surface area contributed by atoms with Crippen molar-refractivity contribution in [3.8, 4) is 6.07 Å². The van der Waals surface area contributed by atoms with E-state index >= 15 is 0 Å². The summed E-state index contributed by atoms with van der Waals surface area (Å²) in [4.78, 5) is 19.6. The first-order valence-electron chi connectivity index (χ1n) is 5.42. The molecule has 2 heterocycles. The number of benzene rings is 1. The van der Waals surface area contributed by atoms with Gasteiger partial charge in [0, 0.05) is 6.20 Å². The lowest BCUT2D eigenvalue weighted by Crippen LogP contribution is -2.22. The fraction of sp³-hybridized carbons (Fsp3) is 0.0769. The number of hydrogen-bond acceptors (Lipinski definition) is 4. The minimum absolute atomic E-state index is 0.292. The van der Waals surface area contributed by atoms with Crippen LogP contribution < -0.4 is 5.69 Å². The fourth-order valence-corrected chi connectivity index (χ4v) is 1.89. The third-order valence-corrected chi connectivity index (χ3v) is 2.82. The topological polar surface area (TPSA) is 71.0 Å². The molecule has 1 aromatic carbocycles. The molecule has 2 aromatic rings. The van der Waals surface area contributed by atoms with Gasteiger partial charge in [0.05, 0.1) is 23.9 Å². The van der Waals surface area contributed by atoms with E-state index < -0.39 is 0 Å². The highest BCUT2D eigenvalue weighted by Gasteiger charge is 2.16. The number of nitrogens with zero attached hydrogens (tertiary/aromatic N) is 4. The monoisotopic (exact) mass is 236 g/mol. The maximum Gasteiger partial charge on any atom is 0.349 e. The highest BCUT2D eigenvalue weighted by atomic mass is 16.1. The minimum Gasteiger partial charge on any atom is -0.270 e. The van der Waals surface area contributed by atoms with E-state index in [9.17, 15) is 4.79 Å². The lowest BCUT2D eigenvalue weighted by Gasteiger charge is -2.00. The van der Waals surface area contributed by atoms with Crippen LogP contribution in [0.15, 0.2) is 46.3 Å². The molecule has 86 valence electrons. The van der Waals surface area contributed by atoms with E-state index in [0.717, 1.165) is 11.3 Å². The van der Waals surface area contributed by atoms with Gasteiger partial charge in [-0.1, -0.05) is 12.1 Å². The van der Waals surface area contributed by atoms with E-state index in [0.29, 0.717) is 17.9 Å². The Kier molecular flexibility index (Phi) is 2.27. The van der Waals surface area contributed by atoms with E-state index in [4.69, 9.17) is 5.26 Å². The van der Waals surface area contributed by atoms with Crippen LogP contribution in [0.25, 0.3) is 0 Å². The predicted molar refractivity (Wildman–Crippen MR) is 65.9 cm³/mol. The van der Waals surface area contributed by atoms with Gasteiger partial charge >= 0.3 is 5.69 Å². The minimum atomic E-state index is -0.292. The Morgan fingerprint density at radius 2 is 2.00 bits per heavy atom. The van der Waals surface area contributed by atoms with Crippen LogP contribution in [0.2, 0.25) is 0 Å². The molecule has 18 heavy (non-hydrogen) atoms.